The summed E-state index contributed by atoms with van der Waals surface area (Å²) in [6.45, 7) is 10.1. The van der Waals surface area contributed by atoms with Gasteiger partial charge in [0.15, 0.2) is 0 Å². The van der Waals surface area contributed by atoms with E-state index < -0.39 is 0 Å². The molecule has 0 saturated carbocycles. The van der Waals surface area contributed by atoms with Gasteiger partial charge in [-0.25, -0.2) is 0 Å². The molecule has 2 heterocycles. The Morgan fingerprint density at radius 2 is 1.88 bits per heavy atom. The number of hydrogen-bond donors (Lipinski definition) is 2. The molecule has 24 heavy (non-hydrogen) atoms. The van der Waals surface area contributed by atoms with Gasteiger partial charge in [-0.05, 0) is 50.8 Å². The van der Waals surface area contributed by atoms with Crippen molar-refractivity contribution >= 4 is 22.7 Å². The van der Waals surface area contributed by atoms with E-state index in [9.17, 15) is 4.79 Å². The number of H-pyrrole nitrogens is 1. The van der Waals surface area contributed by atoms with E-state index in [1.165, 1.54) is 11.1 Å². The third kappa shape index (κ3) is 2.70. The molecule has 0 bridgehead atoms. The smallest absolute Gasteiger partial charge is 0.234 e. The van der Waals surface area contributed by atoms with Gasteiger partial charge in [-0.2, -0.15) is 0 Å². The van der Waals surface area contributed by atoms with Crippen molar-refractivity contribution < 1.29 is 9.32 Å². The first-order valence-corrected chi connectivity index (χ1v) is 8.24. The predicted molar refractivity (Wildman–Crippen MR) is 95.5 cm³/mol. The molecule has 0 fully saturated rings. The quantitative estimate of drug-likeness (QED) is 0.757. The number of anilines is 1. The summed E-state index contributed by atoms with van der Waals surface area (Å²) in [7, 11) is 0. The van der Waals surface area contributed by atoms with Gasteiger partial charge in [-0.1, -0.05) is 24.2 Å². The van der Waals surface area contributed by atoms with Gasteiger partial charge in [0.05, 0.1) is 12.1 Å². The molecule has 2 aromatic heterocycles. The van der Waals surface area contributed by atoms with Gasteiger partial charge in [-0.15, -0.1) is 0 Å². The molecule has 3 rings (SSSR count). The number of aryl methyl sites for hydroxylation is 4. The minimum absolute atomic E-state index is 0.0919. The molecule has 0 aliphatic heterocycles. The molecule has 1 amide bonds. The van der Waals surface area contributed by atoms with Crippen molar-refractivity contribution in [1.29, 1.82) is 0 Å². The lowest BCUT2D eigenvalue weighted by atomic mass is 10.0. The van der Waals surface area contributed by atoms with Crippen molar-refractivity contribution in [2.75, 3.05) is 5.32 Å². The summed E-state index contributed by atoms with van der Waals surface area (Å²) in [5, 5.41) is 7.94. The third-order valence-corrected chi connectivity index (χ3v) is 4.62. The highest BCUT2D eigenvalue weighted by Gasteiger charge is 2.18. The van der Waals surface area contributed by atoms with Crippen LogP contribution >= 0.6 is 0 Å². The van der Waals surface area contributed by atoms with Crippen LogP contribution in [0.2, 0.25) is 0 Å². The maximum absolute atomic E-state index is 12.5. The number of carbonyl (C=O) groups is 1. The summed E-state index contributed by atoms with van der Waals surface area (Å²) in [6, 6.07) is 4.20. The molecule has 0 aliphatic rings. The Labute approximate surface area is 141 Å². The van der Waals surface area contributed by atoms with Crippen LogP contribution in [0.4, 0.5) is 5.88 Å². The van der Waals surface area contributed by atoms with Crippen LogP contribution in [-0.2, 0) is 17.6 Å². The van der Waals surface area contributed by atoms with Gasteiger partial charge in [0, 0.05) is 22.2 Å². The second kappa shape index (κ2) is 6.15. The van der Waals surface area contributed by atoms with Crippen molar-refractivity contribution in [1.82, 2.24) is 10.1 Å². The summed E-state index contributed by atoms with van der Waals surface area (Å²) in [5.74, 6) is 0.371. The summed E-state index contributed by atoms with van der Waals surface area (Å²) in [4.78, 5) is 16.0. The fourth-order valence-electron chi connectivity index (χ4n) is 3.27. The van der Waals surface area contributed by atoms with Crippen LogP contribution in [-0.4, -0.2) is 16.0 Å². The normalized spacial score (nSPS) is 11.2. The number of nitrogens with zero attached hydrogens (tertiary/aromatic N) is 1. The van der Waals surface area contributed by atoms with Crippen LogP contribution < -0.4 is 5.32 Å². The lowest BCUT2D eigenvalue weighted by molar-refractivity contribution is -0.115. The minimum Gasteiger partial charge on any atom is -0.358 e. The van der Waals surface area contributed by atoms with E-state index in [4.69, 9.17) is 4.52 Å². The van der Waals surface area contributed by atoms with Crippen LogP contribution in [0.1, 0.15) is 40.6 Å². The lowest BCUT2D eigenvalue weighted by Crippen LogP contribution is -2.15. The van der Waals surface area contributed by atoms with Crippen molar-refractivity contribution in [3.63, 3.8) is 0 Å². The van der Waals surface area contributed by atoms with E-state index in [1.807, 2.05) is 20.8 Å². The monoisotopic (exact) mass is 325 g/mol. The molecule has 0 spiro atoms. The van der Waals surface area contributed by atoms with Gasteiger partial charge in [0.2, 0.25) is 11.8 Å². The van der Waals surface area contributed by atoms with Crippen LogP contribution in [0.15, 0.2) is 16.7 Å². The summed E-state index contributed by atoms with van der Waals surface area (Å²) < 4.78 is 5.25. The number of carbonyl (C=O) groups excluding carboxylic acids is 1. The first-order valence-electron chi connectivity index (χ1n) is 8.24. The van der Waals surface area contributed by atoms with E-state index in [0.717, 1.165) is 39.8 Å². The predicted octanol–water partition coefficient (Wildman–Crippen LogP) is 4.13. The first kappa shape index (κ1) is 16.3. The highest BCUT2D eigenvalue weighted by atomic mass is 16.5. The van der Waals surface area contributed by atoms with Crippen molar-refractivity contribution in [3.8, 4) is 0 Å². The molecular formula is C19H23N3O2. The van der Waals surface area contributed by atoms with Gasteiger partial charge in [0.1, 0.15) is 0 Å². The second-order valence-corrected chi connectivity index (χ2v) is 6.33. The molecular weight excluding hydrogens is 302 g/mol. The topological polar surface area (TPSA) is 70.9 Å². The lowest BCUT2D eigenvalue weighted by Gasteiger charge is -2.06. The molecule has 5 heteroatoms. The number of amides is 1. The Morgan fingerprint density at radius 1 is 1.17 bits per heavy atom. The van der Waals surface area contributed by atoms with Crippen molar-refractivity contribution in [2.45, 2.75) is 47.5 Å². The zero-order chi connectivity index (χ0) is 17.4. The Balaban J connectivity index is 1.91. The number of aromatic nitrogens is 2. The van der Waals surface area contributed by atoms with Crippen LogP contribution in [0.3, 0.4) is 0 Å². The molecule has 0 atom stereocenters. The number of fused-ring (bicyclic) bond motifs is 1. The fraction of sp³-hybridized carbons (Fsp3) is 0.368. The van der Waals surface area contributed by atoms with Gasteiger partial charge < -0.3 is 9.51 Å². The van der Waals surface area contributed by atoms with Gasteiger partial charge in [0.25, 0.3) is 0 Å². The van der Waals surface area contributed by atoms with Crippen LogP contribution in [0.5, 0.6) is 0 Å². The van der Waals surface area contributed by atoms with Gasteiger partial charge in [-0.3, -0.25) is 10.1 Å². The fourth-order valence-corrected chi connectivity index (χ4v) is 3.27. The van der Waals surface area contributed by atoms with E-state index >= 15 is 0 Å². The number of hydrogen-bond acceptors (Lipinski definition) is 3. The molecule has 0 saturated heterocycles. The van der Waals surface area contributed by atoms with E-state index in [1.54, 1.807) is 0 Å². The molecule has 126 valence electrons. The van der Waals surface area contributed by atoms with Gasteiger partial charge >= 0.3 is 0 Å². The molecule has 2 N–H and O–H groups in total. The van der Waals surface area contributed by atoms with E-state index in [2.05, 4.69) is 41.4 Å². The van der Waals surface area contributed by atoms with Crippen LogP contribution in [0, 0.1) is 27.7 Å². The highest BCUT2D eigenvalue weighted by molar-refractivity contribution is 5.97. The van der Waals surface area contributed by atoms with E-state index in [0.29, 0.717) is 12.3 Å². The number of nitrogens with one attached hydrogen (secondary N) is 2. The maximum Gasteiger partial charge on any atom is 0.234 e. The Bertz CT molecular complexity index is 918. The number of rotatable bonds is 4. The first-order chi connectivity index (χ1) is 11.4. The Kier molecular flexibility index (Phi) is 4.18. The Hall–Kier alpha value is -2.56. The molecule has 0 unspecified atom stereocenters. The average molecular weight is 325 g/mol. The summed E-state index contributed by atoms with van der Waals surface area (Å²) in [5.41, 5.74) is 7.31. The van der Waals surface area contributed by atoms with Crippen molar-refractivity contribution in [3.05, 3.63) is 45.8 Å². The zero-order valence-corrected chi connectivity index (χ0v) is 14.8. The van der Waals surface area contributed by atoms with Crippen molar-refractivity contribution in [2.24, 2.45) is 0 Å². The molecule has 1 aromatic carbocycles. The number of benzene rings is 1. The second-order valence-electron chi connectivity index (χ2n) is 6.33. The molecule has 3 aromatic rings. The number of aromatic amines is 1. The average Bonchev–Trinajstić information content (AvgIpc) is 3.05. The Morgan fingerprint density at radius 3 is 2.58 bits per heavy atom. The zero-order valence-electron chi connectivity index (χ0n) is 14.8. The summed E-state index contributed by atoms with van der Waals surface area (Å²) >= 11 is 0. The standard InChI is InChI=1S/C19H23N3O2/c1-6-14-13(5)22-24-19(14)21-16(23)9-15-12(4)20-18-11(3)8-7-10(2)17(15)18/h7-8,20H,6,9H2,1-5H3,(H,21,23). The van der Waals surface area contributed by atoms with E-state index in [-0.39, 0.29) is 5.91 Å². The SMILES string of the molecule is CCc1c(C)noc1NC(=O)Cc1c(C)[nH]c2c(C)ccc(C)c12. The largest absolute Gasteiger partial charge is 0.358 e. The van der Waals surface area contributed by atoms with Crippen LogP contribution in [0.25, 0.3) is 10.9 Å². The molecule has 0 radical (unpaired) electrons. The molecule has 0 aliphatic carbocycles. The minimum atomic E-state index is -0.0919. The summed E-state index contributed by atoms with van der Waals surface area (Å²) in [6.07, 6.45) is 1.08. The maximum atomic E-state index is 12.5. The highest BCUT2D eigenvalue weighted by Crippen LogP contribution is 2.29. The third-order valence-electron chi connectivity index (χ3n) is 4.62. The molecule has 5 nitrogen and oxygen atoms in total.